The highest BCUT2D eigenvalue weighted by Gasteiger charge is 2.29. The molecular weight excluding hydrogens is 368 g/mol. The maximum Gasteiger partial charge on any atom is 0.243 e. The van der Waals surface area contributed by atoms with Crippen LogP contribution in [0, 0.1) is 0 Å². The molecule has 0 aromatic heterocycles. The molecule has 0 unspecified atom stereocenters. The first-order chi connectivity index (χ1) is 14.1. The van der Waals surface area contributed by atoms with Crippen molar-refractivity contribution in [3.8, 4) is 5.75 Å². The zero-order valence-electron chi connectivity index (χ0n) is 17.1. The van der Waals surface area contributed by atoms with Gasteiger partial charge in [0.2, 0.25) is 11.8 Å². The Bertz CT molecular complexity index is 762. The number of aliphatic hydroxyl groups excluding tert-OH is 1. The van der Waals surface area contributed by atoms with E-state index in [-0.39, 0.29) is 25.0 Å². The summed E-state index contributed by atoms with van der Waals surface area (Å²) in [5.74, 6) is 0.408. The van der Waals surface area contributed by atoms with Crippen LogP contribution in [0.25, 0.3) is 0 Å². The zero-order chi connectivity index (χ0) is 21.1. The molecule has 0 fully saturated rings. The smallest absolute Gasteiger partial charge is 0.243 e. The number of hydrogen-bond donors (Lipinski definition) is 2. The maximum atomic E-state index is 13.0. The summed E-state index contributed by atoms with van der Waals surface area (Å²) in [6.45, 7) is 2.28. The van der Waals surface area contributed by atoms with Crippen molar-refractivity contribution in [2.75, 3.05) is 20.3 Å². The van der Waals surface area contributed by atoms with E-state index in [1.165, 1.54) is 0 Å². The Hall–Kier alpha value is -2.86. The minimum Gasteiger partial charge on any atom is -0.497 e. The zero-order valence-corrected chi connectivity index (χ0v) is 17.1. The molecule has 0 saturated heterocycles. The van der Waals surface area contributed by atoms with Gasteiger partial charge in [-0.3, -0.25) is 9.59 Å². The number of hydrogen-bond acceptors (Lipinski definition) is 4. The largest absolute Gasteiger partial charge is 0.497 e. The second-order valence-electron chi connectivity index (χ2n) is 6.84. The van der Waals surface area contributed by atoms with Crippen LogP contribution in [-0.2, 0) is 22.6 Å². The topological polar surface area (TPSA) is 78.9 Å². The van der Waals surface area contributed by atoms with Crippen molar-refractivity contribution in [3.63, 3.8) is 0 Å². The van der Waals surface area contributed by atoms with Crippen LogP contribution < -0.4 is 10.1 Å². The van der Waals surface area contributed by atoms with Crippen molar-refractivity contribution in [2.45, 2.75) is 38.8 Å². The van der Waals surface area contributed by atoms with Crippen molar-refractivity contribution in [1.82, 2.24) is 10.2 Å². The van der Waals surface area contributed by atoms with E-state index in [2.05, 4.69) is 5.32 Å². The Balaban J connectivity index is 2.32. The fourth-order valence-electron chi connectivity index (χ4n) is 3.14. The van der Waals surface area contributed by atoms with Gasteiger partial charge in [0.1, 0.15) is 11.8 Å². The van der Waals surface area contributed by atoms with Crippen LogP contribution in [0.15, 0.2) is 54.6 Å². The summed E-state index contributed by atoms with van der Waals surface area (Å²) in [4.78, 5) is 27.5. The molecular formula is C23H30N2O4. The fraction of sp³-hybridized carbons (Fsp3) is 0.391. The summed E-state index contributed by atoms with van der Waals surface area (Å²) in [7, 11) is 1.60. The molecule has 0 bridgehead atoms. The Morgan fingerprint density at radius 2 is 1.76 bits per heavy atom. The average molecular weight is 399 g/mol. The van der Waals surface area contributed by atoms with E-state index >= 15 is 0 Å². The van der Waals surface area contributed by atoms with Crippen molar-refractivity contribution in [1.29, 1.82) is 0 Å². The SMILES string of the molecule is CCCC(=O)N(Cc1ccc(OC)cc1)[C@@H](Cc1ccccc1)C(=O)NCCO. The van der Waals surface area contributed by atoms with E-state index < -0.39 is 6.04 Å². The van der Waals surface area contributed by atoms with Crippen LogP contribution in [0.1, 0.15) is 30.9 Å². The summed E-state index contributed by atoms with van der Waals surface area (Å²) in [6, 6.07) is 16.5. The lowest BCUT2D eigenvalue weighted by molar-refractivity contribution is -0.141. The van der Waals surface area contributed by atoms with Gasteiger partial charge in [-0.05, 0) is 29.7 Å². The molecule has 6 heteroatoms. The lowest BCUT2D eigenvalue weighted by Crippen LogP contribution is -2.50. The summed E-state index contributed by atoms with van der Waals surface area (Å²) < 4.78 is 5.20. The van der Waals surface area contributed by atoms with Crippen molar-refractivity contribution in [2.24, 2.45) is 0 Å². The number of methoxy groups -OCH3 is 1. The molecule has 29 heavy (non-hydrogen) atoms. The Morgan fingerprint density at radius 3 is 2.34 bits per heavy atom. The van der Waals surface area contributed by atoms with Crippen LogP contribution in [0.5, 0.6) is 5.75 Å². The molecule has 156 valence electrons. The monoisotopic (exact) mass is 398 g/mol. The van der Waals surface area contributed by atoms with Gasteiger partial charge in [-0.2, -0.15) is 0 Å². The van der Waals surface area contributed by atoms with E-state index in [0.717, 1.165) is 16.9 Å². The van der Waals surface area contributed by atoms with Gasteiger partial charge in [-0.25, -0.2) is 0 Å². The molecule has 0 aliphatic carbocycles. The minimum absolute atomic E-state index is 0.0663. The van der Waals surface area contributed by atoms with Crippen molar-refractivity contribution < 1.29 is 19.4 Å². The second kappa shape index (κ2) is 11.9. The van der Waals surface area contributed by atoms with Crippen LogP contribution in [-0.4, -0.2) is 48.1 Å². The highest BCUT2D eigenvalue weighted by Crippen LogP contribution is 2.18. The quantitative estimate of drug-likeness (QED) is 0.610. The van der Waals surface area contributed by atoms with Gasteiger partial charge in [0.05, 0.1) is 13.7 Å². The summed E-state index contributed by atoms with van der Waals surface area (Å²) in [5.41, 5.74) is 1.89. The Labute approximate surface area is 172 Å². The Kier molecular flexibility index (Phi) is 9.18. The number of aliphatic hydroxyl groups is 1. The highest BCUT2D eigenvalue weighted by atomic mass is 16.5. The van der Waals surface area contributed by atoms with Crippen LogP contribution in [0.2, 0.25) is 0 Å². The number of benzene rings is 2. The summed E-state index contributed by atoms with van der Waals surface area (Å²) in [5, 5.41) is 11.8. The average Bonchev–Trinajstić information content (AvgIpc) is 2.75. The first-order valence-electron chi connectivity index (χ1n) is 9.94. The summed E-state index contributed by atoms with van der Waals surface area (Å²) in [6.07, 6.45) is 1.48. The van der Waals surface area contributed by atoms with Gasteiger partial charge < -0.3 is 20.1 Å². The molecule has 2 aromatic carbocycles. The molecule has 2 N–H and O–H groups in total. The molecule has 2 amide bonds. The highest BCUT2D eigenvalue weighted by molar-refractivity contribution is 5.88. The molecule has 0 aliphatic heterocycles. The lowest BCUT2D eigenvalue weighted by Gasteiger charge is -2.31. The van der Waals surface area contributed by atoms with E-state index in [4.69, 9.17) is 9.84 Å². The number of amides is 2. The molecule has 6 nitrogen and oxygen atoms in total. The first kappa shape index (κ1) is 22.4. The molecule has 0 radical (unpaired) electrons. The molecule has 0 saturated carbocycles. The van der Waals surface area contributed by atoms with Gasteiger partial charge in [0, 0.05) is 25.9 Å². The number of nitrogens with zero attached hydrogens (tertiary/aromatic N) is 1. The standard InChI is InChI=1S/C23H30N2O4/c1-3-7-22(27)25(17-19-10-12-20(29-2)13-11-19)21(23(28)24-14-15-26)16-18-8-5-4-6-9-18/h4-6,8-13,21,26H,3,7,14-17H2,1-2H3,(H,24,28)/t21-/m0/s1. The second-order valence-corrected chi connectivity index (χ2v) is 6.84. The van der Waals surface area contributed by atoms with Crippen molar-refractivity contribution in [3.05, 3.63) is 65.7 Å². The predicted molar refractivity (Wildman–Crippen MR) is 112 cm³/mol. The molecule has 1 atom stereocenters. The summed E-state index contributed by atoms with van der Waals surface area (Å²) >= 11 is 0. The Morgan fingerprint density at radius 1 is 1.07 bits per heavy atom. The third-order valence-electron chi connectivity index (χ3n) is 4.66. The maximum absolute atomic E-state index is 13.0. The van der Waals surface area contributed by atoms with E-state index in [1.807, 2.05) is 61.5 Å². The van der Waals surface area contributed by atoms with Crippen molar-refractivity contribution >= 4 is 11.8 Å². The van der Waals surface area contributed by atoms with Gasteiger partial charge in [-0.1, -0.05) is 49.4 Å². The number of carbonyl (C=O) groups is 2. The van der Waals surface area contributed by atoms with Crippen LogP contribution in [0.3, 0.4) is 0 Å². The van der Waals surface area contributed by atoms with Crippen LogP contribution >= 0.6 is 0 Å². The van der Waals surface area contributed by atoms with E-state index in [0.29, 0.717) is 25.8 Å². The molecule has 2 rings (SSSR count). The third-order valence-corrected chi connectivity index (χ3v) is 4.66. The van der Waals surface area contributed by atoms with Gasteiger partial charge in [0.15, 0.2) is 0 Å². The van der Waals surface area contributed by atoms with Crippen LogP contribution in [0.4, 0.5) is 0 Å². The van der Waals surface area contributed by atoms with Gasteiger partial charge in [-0.15, -0.1) is 0 Å². The predicted octanol–water partition coefficient (Wildman–Crippen LogP) is 2.54. The number of nitrogens with one attached hydrogen (secondary N) is 1. The normalized spacial score (nSPS) is 11.6. The molecule has 0 heterocycles. The molecule has 2 aromatic rings. The van der Waals surface area contributed by atoms with E-state index in [9.17, 15) is 9.59 Å². The third kappa shape index (κ3) is 6.91. The van der Waals surface area contributed by atoms with Gasteiger partial charge in [0.25, 0.3) is 0 Å². The number of carbonyl (C=O) groups excluding carboxylic acids is 2. The molecule has 0 spiro atoms. The number of rotatable bonds is 11. The molecule has 0 aliphatic rings. The number of ether oxygens (including phenoxy) is 1. The van der Waals surface area contributed by atoms with Gasteiger partial charge >= 0.3 is 0 Å². The lowest BCUT2D eigenvalue weighted by atomic mass is 10.0. The van der Waals surface area contributed by atoms with E-state index in [1.54, 1.807) is 12.0 Å². The minimum atomic E-state index is -0.662. The first-order valence-corrected chi connectivity index (χ1v) is 9.94. The fourth-order valence-corrected chi connectivity index (χ4v) is 3.14.